The summed E-state index contributed by atoms with van der Waals surface area (Å²) in [7, 11) is 0. The lowest BCUT2D eigenvalue weighted by molar-refractivity contribution is 0.618. The molecule has 3 nitrogen and oxygen atoms in total. The smallest absolute Gasteiger partial charge is 0.306 e. The van der Waals surface area contributed by atoms with E-state index in [4.69, 9.17) is 11.6 Å². The minimum absolute atomic E-state index is 0.268. The third kappa shape index (κ3) is 2.27. The van der Waals surface area contributed by atoms with E-state index in [0.717, 1.165) is 5.56 Å². The lowest BCUT2D eigenvalue weighted by Crippen LogP contribution is -1.99. The van der Waals surface area contributed by atoms with Gasteiger partial charge in [-0.15, -0.1) is 11.6 Å². The second-order valence-electron chi connectivity index (χ2n) is 4.39. The Bertz CT molecular complexity index is 843. The van der Waals surface area contributed by atoms with E-state index in [1.807, 2.05) is 0 Å². The molecule has 0 bridgehead atoms. The number of rotatable bonds is 2. The molecule has 102 valence electrons. The van der Waals surface area contributed by atoms with Gasteiger partial charge in [0, 0.05) is 0 Å². The fraction of sp³-hybridized carbons (Fsp3) is 0.0714. The summed E-state index contributed by atoms with van der Waals surface area (Å²) in [5.41, 5.74) is 2.53. The van der Waals surface area contributed by atoms with Crippen molar-refractivity contribution in [1.29, 1.82) is 0 Å². The highest BCUT2D eigenvalue weighted by Crippen LogP contribution is 2.35. The zero-order chi connectivity index (χ0) is 14.3. The van der Waals surface area contributed by atoms with Gasteiger partial charge in [-0.25, -0.2) is 9.18 Å². The van der Waals surface area contributed by atoms with E-state index in [1.165, 1.54) is 6.07 Å². The number of hydrogen-bond acceptors (Lipinski definition) is 1. The maximum atomic E-state index is 13.6. The first-order valence-electron chi connectivity index (χ1n) is 5.86. The van der Waals surface area contributed by atoms with Crippen molar-refractivity contribution in [1.82, 2.24) is 9.97 Å². The van der Waals surface area contributed by atoms with E-state index < -0.39 is 5.38 Å². The highest BCUT2D eigenvalue weighted by Gasteiger charge is 2.16. The standard InChI is InChI=1S/C14H9BrClFN2O/c15-12-8(2-1-3-9(12)17)13(16)7-4-5-10-11(6-7)19-14(20)18-10/h1-6,13H,(H2,18,19,20). The second kappa shape index (κ2) is 5.07. The molecule has 0 aliphatic carbocycles. The summed E-state index contributed by atoms with van der Waals surface area (Å²) < 4.78 is 13.9. The second-order valence-corrected chi connectivity index (χ2v) is 5.62. The van der Waals surface area contributed by atoms with Crippen LogP contribution in [0.3, 0.4) is 0 Å². The molecule has 0 amide bonds. The minimum atomic E-state index is -0.511. The quantitative estimate of drug-likeness (QED) is 0.668. The summed E-state index contributed by atoms with van der Waals surface area (Å²) in [6.45, 7) is 0. The van der Waals surface area contributed by atoms with Gasteiger partial charge in [-0.05, 0) is 45.3 Å². The molecule has 0 aliphatic heterocycles. The fourth-order valence-corrected chi connectivity index (χ4v) is 3.05. The molecular weight excluding hydrogens is 347 g/mol. The highest BCUT2D eigenvalue weighted by atomic mass is 79.9. The van der Waals surface area contributed by atoms with Crippen LogP contribution in [0, 0.1) is 5.82 Å². The van der Waals surface area contributed by atoms with Crippen LogP contribution in [0.4, 0.5) is 4.39 Å². The molecule has 3 aromatic rings. The SMILES string of the molecule is O=c1[nH]c2ccc(C(Cl)c3cccc(F)c3Br)cc2[nH]1. The first kappa shape index (κ1) is 13.4. The molecule has 1 unspecified atom stereocenters. The number of aromatic amines is 2. The molecular formula is C14H9BrClFN2O. The lowest BCUT2D eigenvalue weighted by atomic mass is 10.0. The molecule has 0 saturated heterocycles. The van der Waals surface area contributed by atoms with Gasteiger partial charge in [-0.3, -0.25) is 0 Å². The number of H-pyrrole nitrogens is 2. The van der Waals surface area contributed by atoms with Crippen LogP contribution in [0.25, 0.3) is 11.0 Å². The number of alkyl halides is 1. The third-order valence-electron chi connectivity index (χ3n) is 3.09. The van der Waals surface area contributed by atoms with Crippen molar-refractivity contribution in [2.45, 2.75) is 5.38 Å². The minimum Gasteiger partial charge on any atom is -0.306 e. The number of hydrogen-bond donors (Lipinski definition) is 2. The van der Waals surface area contributed by atoms with Crippen LogP contribution in [0.5, 0.6) is 0 Å². The molecule has 0 fully saturated rings. The number of imidazole rings is 1. The van der Waals surface area contributed by atoms with Crippen molar-refractivity contribution in [3.63, 3.8) is 0 Å². The predicted octanol–water partition coefficient (Wildman–Crippen LogP) is 4.09. The first-order chi connectivity index (χ1) is 9.56. The van der Waals surface area contributed by atoms with Crippen molar-refractivity contribution in [3.05, 3.63) is 68.3 Å². The Morgan fingerprint density at radius 2 is 1.90 bits per heavy atom. The van der Waals surface area contributed by atoms with Crippen molar-refractivity contribution < 1.29 is 4.39 Å². The molecule has 2 aromatic carbocycles. The van der Waals surface area contributed by atoms with E-state index in [0.29, 0.717) is 21.1 Å². The van der Waals surface area contributed by atoms with Crippen molar-refractivity contribution in [3.8, 4) is 0 Å². The van der Waals surface area contributed by atoms with Gasteiger partial charge < -0.3 is 9.97 Å². The van der Waals surface area contributed by atoms with Gasteiger partial charge in [0.1, 0.15) is 5.82 Å². The number of aromatic nitrogens is 2. The summed E-state index contributed by atoms with van der Waals surface area (Å²) in [6.07, 6.45) is 0. The number of benzene rings is 2. The molecule has 1 aromatic heterocycles. The zero-order valence-corrected chi connectivity index (χ0v) is 12.4. The monoisotopic (exact) mass is 354 g/mol. The topological polar surface area (TPSA) is 48.6 Å². The van der Waals surface area contributed by atoms with Gasteiger partial charge in [0.2, 0.25) is 0 Å². The number of halogens is 3. The van der Waals surface area contributed by atoms with Gasteiger partial charge in [-0.1, -0.05) is 18.2 Å². The van der Waals surface area contributed by atoms with Crippen LogP contribution in [0.15, 0.2) is 45.7 Å². The Kier molecular flexibility index (Phi) is 3.40. The van der Waals surface area contributed by atoms with E-state index in [-0.39, 0.29) is 11.5 Å². The Labute approximate surface area is 126 Å². The molecule has 3 rings (SSSR count). The zero-order valence-electron chi connectivity index (χ0n) is 10.1. The first-order valence-corrected chi connectivity index (χ1v) is 7.09. The Hall–Kier alpha value is -1.59. The van der Waals surface area contributed by atoms with Gasteiger partial charge in [0.25, 0.3) is 0 Å². The summed E-state index contributed by atoms with van der Waals surface area (Å²) >= 11 is 9.63. The Morgan fingerprint density at radius 1 is 1.15 bits per heavy atom. The molecule has 1 atom stereocenters. The van der Waals surface area contributed by atoms with Gasteiger partial charge >= 0.3 is 5.69 Å². The summed E-state index contributed by atoms with van der Waals surface area (Å²) in [6, 6.07) is 10.1. The highest BCUT2D eigenvalue weighted by molar-refractivity contribution is 9.10. The average Bonchev–Trinajstić information content (AvgIpc) is 2.80. The average molecular weight is 356 g/mol. The van der Waals surface area contributed by atoms with E-state index in [2.05, 4.69) is 25.9 Å². The van der Waals surface area contributed by atoms with Crippen molar-refractivity contribution in [2.24, 2.45) is 0 Å². The van der Waals surface area contributed by atoms with Crippen molar-refractivity contribution in [2.75, 3.05) is 0 Å². The van der Waals surface area contributed by atoms with Crippen LogP contribution >= 0.6 is 27.5 Å². The maximum absolute atomic E-state index is 13.6. The van der Waals surface area contributed by atoms with Crippen LogP contribution in [0.2, 0.25) is 0 Å². The van der Waals surface area contributed by atoms with Crippen LogP contribution in [-0.4, -0.2) is 9.97 Å². The molecule has 0 spiro atoms. The molecule has 0 aliphatic rings. The van der Waals surface area contributed by atoms with Crippen LogP contribution in [-0.2, 0) is 0 Å². The third-order valence-corrected chi connectivity index (χ3v) is 4.41. The van der Waals surface area contributed by atoms with Crippen LogP contribution < -0.4 is 5.69 Å². The maximum Gasteiger partial charge on any atom is 0.323 e. The molecule has 0 saturated carbocycles. The van der Waals surface area contributed by atoms with Gasteiger partial charge in [-0.2, -0.15) is 0 Å². The number of nitrogens with one attached hydrogen (secondary N) is 2. The Morgan fingerprint density at radius 3 is 2.70 bits per heavy atom. The summed E-state index contributed by atoms with van der Waals surface area (Å²) in [5.74, 6) is -0.357. The normalized spacial score (nSPS) is 12.8. The van der Waals surface area contributed by atoms with E-state index in [1.54, 1.807) is 30.3 Å². The summed E-state index contributed by atoms with van der Waals surface area (Å²) in [5, 5.41) is -0.511. The molecule has 1 heterocycles. The Balaban J connectivity index is 2.09. The van der Waals surface area contributed by atoms with Crippen molar-refractivity contribution >= 4 is 38.6 Å². The van der Waals surface area contributed by atoms with Gasteiger partial charge in [0.05, 0.1) is 20.9 Å². The summed E-state index contributed by atoms with van der Waals surface area (Å²) in [4.78, 5) is 16.6. The van der Waals surface area contributed by atoms with Crippen LogP contribution in [0.1, 0.15) is 16.5 Å². The fourth-order valence-electron chi connectivity index (χ4n) is 2.10. The molecule has 6 heteroatoms. The van der Waals surface area contributed by atoms with Gasteiger partial charge in [0.15, 0.2) is 0 Å². The molecule has 2 N–H and O–H groups in total. The lowest BCUT2D eigenvalue weighted by Gasteiger charge is -2.12. The predicted molar refractivity (Wildman–Crippen MR) is 80.7 cm³/mol. The largest absolute Gasteiger partial charge is 0.323 e. The van der Waals surface area contributed by atoms with E-state index >= 15 is 0 Å². The molecule has 20 heavy (non-hydrogen) atoms. The van der Waals surface area contributed by atoms with E-state index in [9.17, 15) is 9.18 Å². The number of fused-ring (bicyclic) bond motifs is 1. The molecule has 0 radical (unpaired) electrons.